The Bertz CT molecular complexity index is 852. The molecule has 1 amide bonds. The minimum absolute atomic E-state index is 0.0475. The van der Waals surface area contributed by atoms with Gasteiger partial charge in [0.25, 0.3) is 5.91 Å². The van der Waals surface area contributed by atoms with Gasteiger partial charge in [0, 0.05) is 50.2 Å². The van der Waals surface area contributed by atoms with Crippen molar-refractivity contribution in [3.63, 3.8) is 0 Å². The number of anilines is 1. The summed E-state index contributed by atoms with van der Waals surface area (Å²) in [6.45, 7) is 6.50. The summed E-state index contributed by atoms with van der Waals surface area (Å²) in [7, 11) is 0. The molecule has 3 N–H and O–H groups in total. The molecule has 1 aromatic carbocycles. The molecule has 1 saturated carbocycles. The zero-order valence-electron chi connectivity index (χ0n) is 17.6. The van der Waals surface area contributed by atoms with Crippen LogP contribution in [-0.4, -0.2) is 62.7 Å². The lowest BCUT2D eigenvalue weighted by molar-refractivity contribution is -0.118. The first-order valence-electron chi connectivity index (χ1n) is 10.9. The van der Waals surface area contributed by atoms with Crippen LogP contribution in [0.25, 0.3) is 0 Å². The van der Waals surface area contributed by atoms with E-state index in [1.807, 2.05) is 6.07 Å². The third kappa shape index (κ3) is 6.03. The van der Waals surface area contributed by atoms with Gasteiger partial charge in [0.15, 0.2) is 0 Å². The molecule has 1 aliphatic carbocycles. The first-order valence-corrected chi connectivity index (χ1v) is 10.9. The van der Waals surface area contributed by atoms with Crippen molar-refractivity contribution in [1.29, 1.82) is 5.26 Å². The summed E-state index contributed by atoms with van der Waals surface area (Å²) < 4.78 is 0. The van der Waals surface area contributed by atoms with Crippen LogP contribution in [0.2, 0.25) is 0 Å². The van der Waals surface area contributed by atoms with Crippen molar-refractivity contribution in [2.24, 2.45) is 16.3 Å². The average molecular weight is 424 g/mol. The Labute approximate surface area is 182 Å². The highest BCUT2D eigenvalue weighted by Crippen LogP contribution is 2.41. The monoisotopic (exact) mass is 423 g/mol. The highest BCUT2D eigenvalue weighted by Gasteiger charge is 2.34. The maximum absolute atomic E-state index is 12.7. The van der Waals surface area contributed by atoms with E-state index in [0.29, 0.717) is 5.92 Å². The zero-order chi connectivity index (χ0) is 21.5. The number of rotatable bonds is 9. The van der Waals surface area contributed by atoms with Gasteiger partial charge in [-0.05, 0) is 42.5 Å². The van der Waals surface area contributed by atoms with E-state index < -0.39 is 0 Å². The van der Waals surface area contributed by atoms with E-state index in [1.165, 1.54) is 6.08 Å². The molecule has 0 spiro atoms. The number of amides is 1. The minimum atomic E-state index is -0.383. The quantitative estimate of drug-likeness (QED) is 0.412. The molecule has 3 aliphatic rings. The van der Waals surface area contributed by atoms with E-state index >= 15 is 0 Å². The van der Waals surface area contributed by atoms with Gasteiger partial charge in [-0.1, -0.05) is 12.1 Å². The molecular weight excluding hydrogens is 394 g/mol. The second-order valence-corrected chi connectivity index (χ2v) is 8.18. The van der Waals surface area contributed by atoms with Gasteiger partial charge in [0.2, 0.25) is 0 Å². The van der Waals surface area contributed by atoms with Crippen molar-refractivity contribution in [2.75, 3.05) is 51.2 Å². The Morgan fingerprint density at radius 2 is 2.10 bits per heavy atom. The van der Waals surface area contributed by atoms with Crippen LogP contribution < -0.4 is 16.0 Å². The maximum atomic E-state index is 12.7. The third-order valence-electron chi connectivity index (χ3n) is 5.84. The Balaban J connectivity index is 1.33. The Morgan fingerprint density at radius 3 is 2.74 bits per heavy atom. The summed E-state index contributed by atoms with van der Waals surface area (Å²) in [5.74, 6) is 0.0321. The topological polar surface area (TPSA) is 114 Å². The van der Waals surface area contributed by atoms with Crippen LogP contribution in [0.1, 0.15) is 24.4 Å². The van der Waals surface area contributed by atoms with E-state index in [4.69, 9.17) is 4.84 Å². The second-order valence-electron chi connectivity index (χ2n) is 8.18. The fourth-order valence-corrected chi connectivity index (χ4v) is 3.90. The number of nitrogens with one attached hydrogen (secondary N) is 3. The molecule has 2 atom stereocenters. The molecule has 2 unspecified atom stereocenters. The zero-order valence-corrected chi connectivity index (χ0v) is 17.6. The first kappa shape index (κ1) is 21.3. The van der Waals surface area contributed by atoms with Crippen LogP contribution in [-0.2, 0) is 9.63 Å². The number of nitriles is 1. The molecule has 0 radical (unpaired) electrons. The first-order chi connectivity index (χ1) is 15.2. The standard InChI is InChI=1S/C22H29N7O2/c23-14-18(13-20-15-31-28-27-20)22(30)26-21(16-1-2-16)17-3-5-19(6-4-17)25-9-12-29-10-7-24-8-11-29/h3-6,13,16,20-21,24-25H,1-2,7-12,15H2,(H,26,30)/b18-13+. The number of carbonyl (C=O) groups excluding carboxylic acids is 1. The summed E-state index contributed by atoms with van der Waals surface area (Å²) in [5, 5.41) is 26.6. The number of piperazine rings is 1. The van der Waals surface area contributed by atoms with Gasteiger partial charge in [0.1, 0.15) is 24.3 Å². The predicted molar refractivity (Wildman–Crippen MR) is 116 cm³/mol. The Morgan fingerprint density at radius 1 is 1.32 bits per heavy atom. The van der Waals surface area contributed by atoms with E-state index in [2.05, 4.69) is 55.5 Å². The van der Waals surface area contributed by atoms with Gasteiger partial charge in [-0.25, -0.2) is 0 Å². The third-order valence-corrected chi connectivity index (χ3v) is 5.84. The molecule has 164 valence electrons. The normalized spacial score (nSPS) is 22.4. The minimum Gasteiger partial charge on any atom is -0.384 e. The molecule has 2 fully saturated rings. The van der Waals surface area contributed by atoms with Gasteiger partial charge < -0.3 is 20.8 Å². The van der Waals surface area contributed by atoms with Gasteiger partial charge in [-0.15, -0.1) is 5.11 Å². The molecule has 0 aromatic heterocycles. The molecule has 1 aromatic rings. The van der Waals surface area contributed by atoms with Gasteiger partial charge in [-0.3, -0.25) is 9.69 Å². The number of hydrogen-bond acceptors (Lipinski definition) is 8. The molecule has 31 heavy (non-hydrogen) atoms. The fraction of sp³-hybridized carbons (Fsp3) is 0.545. The summed E-state index contributed by atoms with van der Waals surface area (Å²) >= 11 is 0. The summed E-state index contributed by atoms with van der Waals surface area (Å²) in [4.78, 5) is 20.0. The largest absolute Gasteiger partial charge is 0.384 e. The smallest absolute Gasteiger partial charge is 0.262 e. The van der Waals surface area contributed by atoms with Crippen molar-refractivity contribution in [1.82, 2.24) is 15.5 Å². The van der Waals surface area contributed by atoms with Gasteiger partial charge >= 0.3 is 0 Å². The number of benzene rings is 1. The van der Waals surface area contributed by atoms with Crippen LogP contribution in [0, 0.1) is 17.2 Å². The van der Waals surface area contributed by atoms with Gasteiger partial charge in [-0.2, -0.15) is 5.26 Å². The maximum Gasteiger partial charge on any atom is 0.262 e. The van der Waals surface area contributed by atoms with Crippen LogP contribution in [0.5, 0.6) is 0 Å². The Kier molecular flexibility index (Phi) is 7.12. The van der Waals surface area contributed by atoms with Crippen LogP contribution in [0.15, 0.2) is 46.3 Å². The van der Waals surface area contributed by atoms with Crippen LogP contribution in [0.3, 0.4) is 0 Å². The van der Waals surface area contributed by atoms with Crippen molar-refractivity contribution < 1.29 is 9.63 Å². The van der Waals surface area contributed by atoms with E-state index in [9.17, 15) is 10.1 Å². The average Bonchev–Trinajstić information content (AvgIpc) is 3.52. The molecule has 9 nitrogen and oxygen atoms in total. The van der Waals surface area contributed by atoms with Crippen LogP contribution in [0.4, 0.5) is 5.69 Å². The van der Waals surface area contributed by atoms with Crippen molar-refractivity contribution >= 4 is 11.6 Å². The van der Waals surface area contributed by atoms with E-state index in [0.717, 1.165) is 63.4 Å². The Hall–Kier alpha value is -2.96. The molecule has 9 heteroatoms. The molecule has 2 heterocycles. The number of carbonyl (C=O) groups is 1. The highest BCUT2D eigenvalue weighted by molar-refractivity contribution is 5.97. The summed E-state index contributed by atoms with van der Waals surface area (Å²) in [5.41, 5.74) is 2.18. The van der Waals surface area contributed by atoms with Crippen molar-refractivity contribution in [2.45, 2.75) is 24.9 Å². The van der Waals surface area contributed by atoms with Crippen molar-refractivity contribution in [3.8, 4) is 6.07 Å². The lowest BCUT2D eigenvalue weighted by Gasteiger charge is -2.27. The number of nitrogens with zero attached hydrogens (tertiary/aromatic N) is 4. The molecular formula is C22H29N7O2. The van der Waals surface area contributed by atoms with Crippen LogP contribution >= 0.6 is 0 Å². The predicted octanol–water partition coefficient (Wildman–Crippen LogP) is 1.79. The SMILES string of the molecule is N#C/C(=C\C1CON=N1)C(=O)NC(c1ccc(NCCN2CCNCC2)cc1)C1CC1. The second kappa shape index (κ2) is 10.4. The molecule has 1 saturated heterocycles. The molecule has 2 aliphatic heterocycles. The van der Waals surface area contributed by atoms with Gasteiger partial charge in [0.05, 0.1) is 6.04 Å². The lowest BCUT2D eigenvalue weighted by atomic mass is 10.0. The van der Waals surface area contributed by atoms with E-state index in [-0.39, 0.29) is 30.2 Å². The fourth-order valence-electron chi connectivity index (χ4n) is 3.90. The summed E-state index contributed by atoms with van der Waals surface area (Å²) in [6, 6.07) is 9.74. The molecule has 0 bridgehead atoms. The number of hydrogen-bond donors (Lipinski definition) is 3. The highest BCUT2D eigenvalue weighted by atomic mass is 16.7. The summed E-state index contributed by atoms with van der Waals surface area (Å²) in [6.07, 6.45) is 3.67. The molecule has 4 rings (SSSR count). The lowest BCUT2D eigenvalue weighted by Crippen LogP contribution is -2.45. The van der Waals surface area contributed by atoms with Crippen molar-refractivity contribution in [3.05, 3.63) is 41.5 Å². The van der Waals surface area contributed by atoms with E-state index in [1.54, 1.807) is 0 Å².